The minimum Gasteiger partial charge on any atom is -0.462 e. The van der Waals surface area contributed by atoms with Crippen molar-refractivity contribution in [1.29, 1.82) is 0 Å². The van der Waals surface area contributed by atoms with Crippen LogP contribution < -0.4 is 5.32 Å². The Balaban J connectivity index is 2.12. The summed E-state index contributed by atoms with van der Waals surface area (Å²) in [6, 6.07) is 3.66. The zero-order chi connectivity index (χ0) is 13.0. The maximum Gasteiger partial charge on any atom is 0.271 e. The highest BCUT2D eigenvalue weighted by Crippen LogP contribution is 2.27. The number of hydrogen-bond donors (Lipinski definition) is 1. The molecule has 2 aromatic heterocycles. The smallest absolute Gasteiger partial charge is 0.271 e. The van der Waals surface area contributed by atoms with Crippen molar-refractivity contribution in [3.63, 3.8) is 0 Å². The minimum atomic E-state index is -0.102. The van der Waals surface area contributed by atoms with Crippen LogP contribution in [-0.4, -0.2) is 17.4 Å². The quantitative estimate of drug-likeness (QED) is 0.843. The van der Waals surface area contributed by atoms with Crippen LogP contribution in [0.2, 0.25) is 0 Å². The van der Waals surface area contributed by atoms with Gasteiger partial charge in [0.25, 0.3) is 5.91 Å². The van der Waals surface area contributed by atoms with Crippen LogP contribution in [0.1, 0.15) is 35.1 Å². The van der Waals surface area contributed by atoms with Crippen LogP contribution in [0.4, 0.5) is 0 Å². The van der Waals surface area contributed by atoms with Gasteiger partial charge in [0.2, 0.25) is 0 Å². The molecule has 5 heteroatoms. The standard InChI is InChI=1S/C13H16N2O2S/c1-3-4-7-14-12(16)11-9(2)18-13(15-11)10-6-5-8-17-10/h5-6,8H,3-4,7H2,1-2H3,(H,14,16). The zero-order valence-electron chi connectivity index (χ0n) is 10.5. The second-order valence-corrected chi connectivity index (χ2v) is 5.21. The Labute approximate surface area is 110 Å². The number of hydrogen-bond acceptors (Lipinski definition) is 4. The Morgan fingerprint density at radius 2 is 2.39 bits per heavy atom. The monoisotopic (exact) mass is 264 g/mol. The van der Waals surface area contributed by atoms with Crippen molar-refractivity contribution in [3.8, 4) is 10.8 Å². The number of thiazole rings is 1. The molecular weight excluding hydrogens is 248 g/mol. The molecule has 0 saturated heterocycles. The van der Waals surface area contributed by atoms with Crippen LogP contribution in [0, 0.1) is 6.92 Å². The van der Waals surface area contributed by atoms with E-state index in [0.717, 1.165) is 22.7 Å². The molecule has 96 valence electrons. The van der Waals surface area contributed by atoms with Gasteiger partial charge in [-0.05, 0) is 25.5 Å². The highest BCUT2D eigenvalue weighted by Gasteiger charge is 2.16. The number of amides is 1. The van der Waals surface area contributed by atoms with Crippen LogP contribution in [0.3, 0.4) is 0 Å². The first-order valence-electron chi connectivity index (χ1n) is 6.02. The Morgan fingerprint density at radius 3 is 3.06 bits per heavy atom. The van der Waals surface area contributed by atoms with E-state index in [1.165, 1.54) is 11.3 Å². The van der Waals surface area contributed by atoms with Gasteiger partial charge >= 0.3 is 0 Å². The molecule has 0 radical (unpaired) electrons. The fraction of sp³-hybridized carbons (Fsp3) is 0.385. The highest BCUT2D eigenvalue weighted by atomic mass is 32.1. The lowest BCUT2D eigenvalue weighted by Crippen LogP contribution is -2.25. The van der Waals surface area contributed by atoms with Gasteiger partial charge in [-0.15, -0.1) is 11.3 Å². The number of nitrogens with zero attached hydrogens (tertiary/aromatic N) is 1. The molecule has 0 saturated carbocycles. The number of nitrogens with one attached hydrogen (secondary N) is 1. The van der Waals surface area contributed by atoms with E-state index in [1.54, 1.807) is 6.26 Å². The Morgan fingerprint density at radius 1 is 1.56 bits per heavy atom. The van der Waals surface area contributed by atoms with Crippen LogP contribution >= 0.6 is 11.3 Å². The average Bonchev–Trinajstić information content (AvgIpc) is 2.97. The second-order valence-electron chi connectivity index (χ2n) is 4.01. The summed E-state index contributed by atoms with van der Waals surface area (Å²) in [5.74, 6) is 0.603. The topological polar surface area (TPSA) is 55.1 Å². The van der Waals surface area contributed by atoms with Crippen LogP contribution in [-0.2, 0) is 0 Å². The Hall–Kier alpha value is -1.62. The first-order chi connectivity index (χ1) is 8.72. The number of carbonyl (C=O) groups excluding carboxylic acids is 1. The van der Waals surface area contributed by atoms with E-state index in [4.69, 9.17) is 4.42 Å². The molecule has 0 aromatic carbocycles. The SMILES string of the molecule is CCCCNC(=O)c1nc(-c2ccco2)sc1C. The summed E-state index contributed by atoms with van der Waals surface area (Å²) >= 11 is 1.47. The molecule has 0 aliphatic rings. The molecular formula is C13H16N2O2S. The molecule has 2 rings (SSSR count). The number of furan rings is 1. The largest absolute Gasteiger partial charge is 0.462 e. The molecule has 0 atom stereocenters. The lowest BCUT2D eigenvalue weighted by molar-refractivity contribution is 0.0948. The van der Waals surface area contributed by atoms with E-state index in [2.05, 4.69) is 17.2 Å². The molecule has 18 heavy (non-hydrogen) atoms. The van der Waals surface area contributed by atoms with Gasteiger partial charge in [0.1, 0.15) is 5.69 Å². The first-order valence-corrected chi connectivity index (χ1v) is 6.83. The number of rotatable bonds is 5. The van der Waals surface area contributed by atoms with Gasteiger partial charge in [-0.3, -0.25) is 4.79 Å². The van der Waals surface area contributed by atoms with Crippen LogP contribution in [0.15, 0.2) is 22.8 Å². The summed E-state index contributed by atoms with van der Waals surface area (Å²) in [6.45, 7) is 4.69. The minimum absolute atomic E-state index is 0.102. The van der Waals surface area contributed by atoms with E-state index < -0.39 is 0 Å². The summed E-state index contributed by atoms with van der Waals surface area (Å²) in [4.78, 5) is 17.2. The second kappa shape index (κ2) is 5.82. The number of aryl methyl sites for hydroxylation is 1. The maximum atomic E-state index is 11.9. The maximum absolute atomic E-state index is 11.9. The summed E-state index contributed by atoms with van der Waals surface area (Å²) in [7, 11) is 0. The molecule has 2 aromatic rings. The third-order valence-corrected chi connectivity index (χ3v) is 3.54. The summed E-state index contributed by atoms with van der Waals surface area (Å²) < 4.78 is 5.28. The van der Waals surface area contributed by atoms with Crippen molar-refractivity contribution in [2.45, 2.75) is 26.7 Å². The van der Waals surface area contributed by atoms with E-state index >= 15 is 0 Å². The summed E-state index contributed by atoms with van der Waals surface area (Å²) in [5.41, 5.74) is 0.502. The fourth-order valence-corrected chi connectivity index (χ4v) is 2.45. The summed E-state index contributed by atoms with van der Waals surface area (Å²) in [5, 5.41) is 3.62. The van der Waals surface area contributed by atoms with Gasteiger partial charge in [-0.2, -0.15) is 0 Å². The Bertz CT molecular complexity index is 517. The molecule has 0 fully saturated rings. The molecule has 1 N–H and O–H groups in total. The lowest BCUT2D eigenvalue weighted by atomic mass is 10.3. The van der Waals surface area contributed by atoms with Gasteiger partial charge < -0.3 is 9.73 Å². The third kappa shape index (κ3) is 2.79. The van der Waals surface area contributed by atoms with Crippen molar-refractivity contribution >= 4 is 17.2 Å². The lowest BCUT2D eigenvalue weighted by Gasteiger charge is -2.01. The number of carbonyl (C=O) groups is 1. The molecule has 4 nitrogen and oxygen atoms in total. The van der Waals surface area contributed by atoms with Crippen LogP contribution in [0.5, 0.6) is 0 Å². The summed E-state index contributed by atoms with van der Waals surface area (Å²) in [6.07, 6.45) is 3.65. The van der Waals surface area contributed by atoms with Crippen LogP contribution in [0.25, 0.3) is 10.8 Å². The molecule has 0 aliphatic heterocycles. The average molecular weight is 264 g/mol. The van der Waals surface area contributed by atoms with Crippen molar-refractivity contribution in [2.24, 2.45) is 0 Å². The molecule has 0 spiro atoms. The zero-order valence-corrected chi connectivity index (χ0v) is 11.3. The van der Waals surface area contributed by atoms with E-state index in [1.807, 2.05) is 19.1 Å². The van der Waals surface area contributed by atoms with E-state index in [0.29, 0.717) is 18.0 Å². The van der Waals surface area contributed by atoms with Crippen molar-refractivity contribution in [3.05, 3.63) is 29.0 Å². The predicted molar refractivity (Wildman–Crippen MR) is 71.8 cm³/mol. The van der Waals surface area contributed by atoms with Crippen molar-refractivity contribution < 1.29 is 9.21 Å². The van der Waals surface area contributed by atoms with Gasteiger partial charge in [-0.25, -0.2) is 4.98 Å². The van der Waals surface area contributed by atoms with E-state index in [9.17, 15) is 4.79 Å². The van der Waals surface area contributed by atoms with Crippen molar-refractivity contribution in [2.75, 3.05) is 6.54 Å². The fourth-order valence-electron chi connectivity index (χ4n) is 1.58. The Kier molecular flexibility index (Phi) is 4.15. The number of unbranched alkanes of at least 4 members (excludes halogenated alkanes) is 1. The molecule has 0 unspecified atom stereocenters. The molecule has 0 aliphatic carbocycles. The van der Waals surface area contributed by atoms with Gasteiger partial charge in [-0.1, -0.05) is 13.3 Å². The third-order valence-electron chi connectivity index (χ3n) is 2.56. The van der Waals surface area contributed by atoms with Crippen molar-refractivity contribution in [1.82, 2.24) is 10.3 Å². The van der Waals surface area contributed by atoms with Gasteiger partial charge in [0.15, 0.2) is 10.8 Å². The predicted octanol–water partition coefficient (Wildman–Crippen LogP) is 3.24. The highest BCUT2D eigenvalue weighted by molar-refractivity contribution is 7.15. The molecule has 1 amide bonds. The first kappa shape index (κ1) is 12.8. The van der Waals surface area contributed by atoms with Gasteiger partial charge in [0.05, 0.1) is 6.26 Å². The molecule has 2 heterocycles. The normalized spacial score (nSPS) is 10.6. The number of aromatic nitrogens is 1. The molecule has 0 bridgehead atoms. The van der Waals surface area contributed by atoms with Gasteiger partial charge in [0, 0.05) is 11.4 Å². The van der Waals surface area contributed by atoms with E-state index in [-0.39, 0.29) is 5.91 Å².